The Morgan fingerprint density at radius 2 is 1.89 bits per heavy atom. The maximum Gasteiger partial charge on any atom is 0.409 e. The number of hydrogen-bond donors (Lipinski definition) is 0. The van der Waals surface area contributed by atoms with Crippen LogP contribution in [0.4, 0.5) is 13.2 Å². The molecule has 1 nitrogen and oxygen atoms in total. The molecule has 0 saturated heterocycles. The standard InChI is InChI=1S/C4H2ClF3O/c5-3(9)1-2-4(6,7)8/h1-2H/b2-1-. The molecule has 0 aliphatic rings. The van der Waals surface area contributed by atoms with E-state index in [-0.39, 0.29) is 12.2 Å². The minimum Gasteiger partial charge on any atom is -0.276 e. The van der Waals surface area contributed by atoms with Gasteiger partial charge in [-0.1, -0.05) is 0 Å². The van der Waals surface area contributed by atoms with Crippen molar-refractivity contribution in [2.75, 3.05) is 0 Å². The van der Waals surface area contributed by atoms with Gasteiger partial charge >= 0.3 is 6.18 Å². The van der Waals surface area contributed by atoms with Crippen molar-refractivity contribution in [1.29, 1.82) is 0 Å². The van der Waals surface area contributed by atoms with Crippen molar-refractivity contribution >= 4 is 16.8 Å². The molecule has 0 amide bonds. The number of halogens is 4. The van der Waals surface area contributed by atoms with E-state index < -0.39 is 11.4 Å². The molecule has 0 spiro atoms. The molecule has 0 atom stereocenters. The monoisotopic (exact) mass is 158 g/mol. The van der Waals surface area contributed by atoms with Crippen LogP contribution in [0.1, 0.15) is 0 Å². The Kier molecular flexibility index (Phi) is 2.70. The smallest absolute Gasteiger partial charge is 0.276 e. The summed E-state index contributed by atoms with van der Waals surface area (Å²) in [6, 6.07) is 0. The van der Waals surface area contributed by atoms with Crippen molar-refractivity contribution in [1.82, 2.24) is 0 Å². The maximum absolute atomic E-state index is 11.1. The molecule has 0 heterocycles. The van der Waals surface area contributed by atoms with Crippen LogP contribution in [0.15, 0.2) is 12.2 Å². The van der Waals surface area contributed by atoms with Crippen LogP contribution in [0, 0.1) is 0 Å². The maximum atomic E-state index is 11.1. The first kappa shape index (κ1) is 8.49. The molecule has 0 aromatic carbocycles. The minimum absolute atomic E-state index is 0.220. The van der Waals surface area contributed by atoms with Gasteiger partial charge in [-0.2, -0.15) is 13.2 Å². The van der Waals surface area contributed by atoms with Crippen LogP contribution in [-0.2, 0) is 4.79 Å². The molecule has 0 rings (SSSR count). The Labute approximate surface area is 54.1 Å². The molecule has 0 aromatic rings. The van der Waals surface area contributed by atoms with E-state index in [0.717, 1.165) is 0 Å². The molecule has 0 bridgehead atoms. The first-order valence-electron chi connectivity index (χ1n) is 1.87. The molecule has 9 heavy (non-hydrogen) atoms. The molecule has 0 N–H and O–H groups in total. The van der Waals surface area contributed by atoms with Crippen molar-refractivity contribution in [2.24, 2.45) is 0 Å². The summed E-state index contributed by atoms with van der Waals surface area (Å²) in [6.07, 6.45) is -4.42. The first-order chi connectivity index (χ1) is 3.92. The highest BCUT2D eigenvalue weighted by Gasteiger charge is 2.22. The molecule has 0 aliphatic carbocycles. The van der Waals surface area contributed by atoms with Gasteiger partial charge in [-0.25, -0.2) is 0 Å². The SMILES string of the molecule is O=C(Cl)/C=C\C(F)(F)F. The predicted octanol–water partition coefficient (Wildman–Crippen LogP) is 1.87. The Hall–Kier alpha value is -0.510. The van der Waals surface area contributed by atoms with Crippen molar-refractivity contribution < 1.29 is 18.0 Å². The normalized spacial score (nSPS) is 12.4. The van der Waals surface area contributed by atoms with Gasteiger partial charge in [0.1, 0.15) is 0 Å². The number of carbonyl (C=O) groups excluding carboxylic acids is 1. The quantitative estimate of drug-likeness (QED) is 0.421. The average Bonchev–Trinajstić information content (AvgIpc) is 1.59. The summed E-state index contributed by atoms with van der Waals surface area (Å²) in [6.45, 7) is 0. The third-order valence-electron chi connectivity index (χ3n) is 0.403. The lowest BCUT2D eigenvalue weighted by Gasteiger charge is -1.93. The van der Waals surface area contributed by atoms with Crippen LogP contribution in [0.5, 0.6) is 0 Å². The molecule has 5 heteroatoms. The largest absolute Gasteiger partial charge is 0.409 e. The fraction of sp³-hybridized carbons (Fsp3) is 0.250. The Morgan fingerprint density at radius 3 is 2.00 bits per heavy atom. The Bertz CT molecular complexity index is 137. The summed E-state index contributed by atoms with van der Waals surface area (Å²) in [5.41, 5.74) is 0. The van der Waals surface area contributed by atoms with Crippen LogP contribution in [0.2, 0.25) is 0 Å². The van der Waals surface area contributed by atoms with Crippen LogP contribution in [0.3, 0.4) is 0 Å². The fourth-order valence-electron chi connectivity index (χ4n) is 0.160. The van der Waals surface area contributed by atoms with Gasteiger partial charge in [-0.05, 0) is 11.6 Å². The van der Waals surface area contributed by atoms with E-state index in [0.29, 0.717) is 0 Å². The van der Waals surface area contributed by atoms with E-state index >= 15 is 0 Å². The van der Waals surface area contributed by atoms with Crippen molar-refractivity contribution in [3.8, 4) is 0 Å². The minimum atomic E-state index is -4.45. The third kappa shape index (κ3) is 7.49. The fourth-order valence-corrected chi connectivity index (χ4v) is 0.223. The average molecular weight is 159 g/mol. The topological polar surface area (TPSA) is 17.1 Å². The summed E-state index contributed by atoms with van der Waals surface area (Å²) in [7, 11) is 0. The van der Waals surface area contributed by atoms with E-state index in [1.54, 1.807) is 0 Å². The lowest BCUT2D eigenvalue weighted by atomic mass is 10.5. The van der Waals surface area contributed by atoms with Gasteiger partial charge in [0.15, 0.2) is 0 Å². The Balaban J connectivity index is 3.86. The van der Waals surface area contributed by atoms with E-state index in [1.807, 2.05) is 0 Å². The molecule has 0 aliphatic heterocycles. The lowest BCUT2D eigenvalue weighted by Crippen LogP contribution is -2.01. The zero-order valence-electron chi connectivity index (χ0n) is 4.07. The summed E-state index contributed by atoms with van der Waals surface area (Å²) < 4.78 is 33.4. The van der Waals surface area contributed by atoms with Crippen molar-refractivity contribution in [2.45, 2.75) is 6.18 Å². The van der Waals surface area contributed by atoms with Gasteiger partial charge in [0, 0.05) is 12.2 Å². The molecular weight excluding hydrogens is 156 g/mol. The highest BCUT2D eigenvalue weighted by atomic mass is 35.5. The number of rotatable bonds is 1. The summed E-state index contributed by atoms with van der Waals surface area (Å²) in [5, 5.41) is -1.13. The highest BCUT2D eigenvalue weighted by molar-refractivity contribution is 6.66. The molecule has 52 valence electrons. The van der Waals surface area contributed by atoms with Gasteiger partial charge in [0.2, 0.25) is 5.24 Å². The zero-order valence-corrected chi connectivity index (χ0v) is 4.83. The van der Waals surface area contributed by atoms with E-state index in [4.69, 9.17) is 0 Å². The second-order valence-corrected chi connectivity index (χ2v) is 1.55. The molecule has 0 unspecified atom stereocenters. The molecule has 0 fully saturated rings. The van der Waals surface area contributed by atoms with Crippen molar-refractivity contribution in [3.05, 3.63) is 12.2 Å². The summed E-state index contributed by atoms with van der Waals surface area (Å²) in [5.74, 6) is 0. The number of carbonyl (C=O) groups is 1. The third-order valence-corrected chi connectivity index (χ3v) is 0.529. The van der Waals surface area contributed by atoms with E-state index in [9.17, 15) is 18.0 Å². The van der Waals surface area contributed by atoms with Crippen molar-refractivity contribution in [3.63, 3.8) is 0 Å². The highest BCUT2D eigenvalue weighted by Crippen LogP contribution is 2.15. The van der Waals surface area contributed by atoms with Crippen LogP contribution >= 0.6 is 11.6 Å². The first-order valence-corrected chi connectivity index (χ1v) is 2.25. The second-order valence-electron chi connectivity index (χ2n) is 1.18. The molecule has 0 aromatic heterocycles. The van der Waals surface area contributed by atoms with E-state index in [2.05, 4.69) is 11.6 Å². The van der Waals surface area contributed by atoms with Gasteiger partial charge in [0.05, 0.1) is 0 Å². The summed E-state index contributed by atoms with van der Waals surface area (Å²) in [4.78, 5) is 9.67. The molecular formula is C4H2ClF3O. The van der Waals surface area contributed by atoms with E-state index in [1.165, 1.54) is 0 Å². The molecule has 0 radical (unpaired) electrons. The van der Waals surface area contributed by atoms with Crippen LogP contribution < -0.4 is 0 Å². The number of alkyl halides is 3. The second kappa shape index (κ2) is 2.87. The lowest BCUT2D eigenvalue weighted by molar-refractivity contribution is -0.108. The predicted molar refractivity (Wildman–Crippen MR) is 26.1 cm³/mol. The van der Waals surface area contributed by atoms with Gasteiger partial charge in [0.25, 0.3) is 0 Å². The van der Waals surface area contributed by atoms with Gasteiger partial charge in [-0.3, -0.25) is 4.79 Å². The van der Waals surface area contributed by atoms with Gasteiger partial charge in [-0.15, -0.1) is 0 Å². The Morgan fingerprint density at radius 1 is 1.44 bits per heavy atom. The van der Waals surface area contributed by atoms with Crippen LogP contribution in [0.25, 0.3) is 0 Å². The van der Waals surface area contributed by atoms with Crippen LogP contribution in [-0.4, -0.2) is 11.4 Å². The summed E-state index contributed by atoms with van der Waals surface area (Å²) >= 11 is 4.56. The number of hydrogen-bond acceptors (Lipinski definition) is 1. The molecule has 0 saturated carbocycles. The zero-order chi connectivity index (χ0) is 7.49. The van der Waals surface area contributed by atoms with Gasteiger partial charge < -0.3 is 0 Å². The number of allylic oxidation sites excluding steroid dienone is 2.